The Morgan fingerprint density at radius 1 is 0.667 bits per heavy atom. The van der Waals surface area contributed by atoms with Crippen LogP contribution in [0.15, 0.2) is 40.3 Å². The zero-order valence-electron chi connectivity index (χ0n) is 31.3. The van der Waals surface area contributed by atoms with Crippen LogP contribution in [0.3, 0.4) is 0 Å². The lowest BCUT2D eigenvalue weighted by molar-refractivity contribution is -0.110. The lowest BCUT2D eigenvalue weighted by Crippen LogP contribution is -2.09. The van der Waals surface area contributed by atoms with Crippen molar-refractivity contribution >= 4 is 105 Å². The fourth-order valence-electron chi connectivity index (χ4n) is 4.39. The van der Waals surface area contributed by atoms with E-state index in [0.717, 1.165) is 42.4 Å². The van der Waals surface area contributed by atoms with E-state index in [1.807, 2.05) is 23.1 Å². The van der Waals surface area contributed by atoms with Crippen molar-refractivity contribution in [1.82, 2.24) is 29.9 Å². The van der Waals surface area contributed by atoms with Gasteiger partial charge in [-0.3, -0.25) is 4.79 Å². The Morgan fingerprint density at radius 2 is 1.09 bits per heavy atom. The van der Waals surface area contributed by atoms with Crippen molar-refractivity contribution in [3.05, 3.63) is 72.0 Å². The molecule has 300 valence electrons. The summed E-state index contributed by atoms with van der Waals surface area (Å²) >= 11 is 8.49. The largest absolute Gasteiger partial charge is 0.464 e. The van der Waals surface area contributed by atoms with E-state index in [1.165, 1.54) is 89.4 Å². The summed E-state index contributed by atoms with van der Waals surface area (Å²) in [5.74, 6) is -1.53. The first kappa shape index (κ1) is 44.9. The SMILES string of the molecule is COC(=O)c1nc(-c2nccs2)sc1/C=C(\C)C=O.COC(=O)c1nc(-c2nccs2)sc1CC(C)C=O.COC(=O)c1nc(-c2nccs2)sc1CC(C)CO. The predicted octanol–water partition coefficient (Wildman–Crippen LogP) is 7.31. The van der Waals surface area contributed by atoms with Crippen LogP contribution in [-0.4, -0.2) is 93.4 Å². The minimum atomic E-state index is -0.524. The van der Waals surface area contributed by atoms with Crippen molar-refractivity contribution in [3.63, 3.8) is 0 Å². The lowest BCUT2D eigenvalue weighted by atomic mass is 10.1. The maximum Gasteiger partial charge on any atom is 0.358 e. The summed E-state index contributed by atoms with van der Waals surface area (Å²) in [5, 5.41) is 19.0. The molecule has 6 heterocycles. The maximum absolute atomic E-state index is 11.7. The second-order valence-corrected chi connectivity index (χ2v) is 17.5. The number of aliphatic hydroxyl groups excluding tert-OH is 1. The third kappa shape index (κ3) is 12.4. The van der Waals surface area contributed by atoms with Crippen LogP contribution >= 0.6 is 68.0 Å². The zero-order valence-corrected chi connectivity index (χ0v) is 36.2. The number of ether oxygens (including phenoxy) is 3. The number of aromatic nitrogens is 6. The predicted molar refractivity (Wildman–Crippen MR) is 222 cm³/mol. The van der Waals surface area contributed by atoms with Gasteiger partial charge in [-0.2, -0.15) is 0 Å². The van der Waals surface area contributed by atoms with Gasteiger partial charge >= 0.3 is 17.9 Å². The molecule has 0 saturated carbocycles. The van der Waals surface area contributed by atoms with Crippen LogP contribution in [0.4, 0.5) is 0 Å². The normalized spacial score (nSPS) is 11.9. The number of methoxy groups -OCH3 is 3. The summed E-state index contributed by atoms with van der Waals surface area (Å²) in [6, 6.07) is 0. The molecule has 2 unspecified atom stereocenters. The molecule has 0 aliphatic carbocycles. The number of carbonyl (C=O) groups is 5. The fourth-order valence-corrected chi connectivity index (χ4v) is 9.90. The molecule has 0 aromatic carbocycles. The summed E-state index contributed by atoms with van der Waals surface area (Å²) in [5.41, 5.74) is 1.34. The highest BCUT2D eigenvalue weighted by molar-refractivity contribution is 7.22. The second kappa shape index (κ2) is 22.2. The van der Waals surface area contributed by atoms with Crippen LogP contribution in [0, 0.1) is 11.8 Å². The number of allylic oxidation sites excluding steroid dienone is 1. The number of thiazole rings is 6. The van der Waals surface area contributed by atoms with Crippen molar-refractivity contribution < 1.29 is 43.3 Å². The third-order valence-electron chi connectivity index (χ3n) is 7.16. The van der Waals surface area contributed by atoms with Crippen molar-refractivity contribution in [2.24, 2.45) is 11.8 Å². The van der Waals surface area contributed by atoms with Crippen molar-refractivity contribution in [2.45, 2.75) is 33.6 Å². The quantitative estimate of drug-likeness (QED) is 0.0492. The summed E-state index contributed by atoms with van der Waals surface area (Å²) in [4.78, 5) is 84.1. The minimum Gasteiger partial charge on any atom is -0.464 e. The van der Waals surface area contributed by atoms with Gasteiger partial charge in [-0.05, 0) is 37.3 Å². The number of aldehydes is 2. The fraction of sp³-hybridized carbons (Fsp3) is 0.306. The Morgan fingerprint density at radius 3 is 1.47 bits per heavy atom. The van der Waals surface area contributed by atoms with Crippen molar-refractivity contribution in [2.75, 3.05) is 27.9 Å². The Labute approximate surface area is 351 Å². The first-order valence-electron chi connectivity index (χ1n) is 16.6. The van der Waals surface area contributed by atoms with Crippen LogP contribution < -0.4 is 0 Å². The Balaban J connectivity index is 0.000000189. The number of nitrogens with zero attached hydrogens (tertiary/aromatic N) is 6. The smallest absolute Gasteiger partial charge is 0.358 e. The average Bonchev–Trinajstić information content (AvgIpc) is 4.08. The number of carbonyl (C=O) groups excluding carboxylic acids is 5. The molecule has 6 aromatic heterocycles. The van der Waals surface area contributed by atoms with E-state index >= 15 is 0 Å². The highest BCUT2D eigenvalue weighted by Crippen LogP contribution is 2.33. The van der Waals surface area contributed by atoms with Gasteiger partial charge in [0, 0.05) is 57.0 Å². The molecule has 0 saturated heterocycles. The van der Waals surface area contributed by atoms with Crippen LogP contribution in [0.25, 0.3) is 36.1 Å². The highest BCUT2D eigenvalue weighted by Gasteiger charge is 2.23. The molecule has 0 amide bonds. The lowest BCUT2D eigenvalue weighted by Gasteiger charge is -2.05. The zero-order chi connectivity index (χ0) is 41.5. The van der Waals surface area contributed by atoms with Gasteiger partial charge in [-0.1, -0.05) is 13.8 Å². The molecule has 0 aliphatic rings. The average molecular weight is 889 g/mol. The van der Waals surface area contributed by atoms with Gasteiger partial charge in [-0.15, -0.1) is 68.0 Å². The van der Waals surface area contributed by atoms with Gasteiger partial charge in [0.1, 0.15) is 12.6 Å². The monoisotopic (exact) mass is 888 g/mol. The van der Waals surface area contributed by atoms with Gasteiger partial charge in [0.15, 0.2) is 47.1 Å². The number of aliphatic hydroxyl groups is 1. The van der Waals surface area contributed by atoms with Crippen LogP contribution in [0.1, 0.15) is 66.9 Å². The standard InChI is InChI=1S/C12H14N2O3S2.C12H12N2O3S2.C12H10N2O3S2/c3*1-7(6-15)5-8-9(12(16)17-2)14-11(19-8)10-13-3-4-18-10/h3-4,7,15H,5-6H2,1-2H3;3-4,6-7H,5H2,1-2H3;3-6H,1-2H3/b;;7-5+. The number of hydrogen-bond acceptors (Lipinski definition) is 21. The van der Waals surface area contributed by atoms with Crippen LogP contribution in [-0.2, 0) is 36.6 Å². The van der Waals surface area contributed by atoms with E-state index in [9.17, 15) is 24.0 Å². The van der Waals surface area contributed by atoms with E-state index in [2.05, 4.69) is 29.9 Å². The molecule has 21 heteroatoms. The number of hydrogen-bond donors (Lipinski definition) is 1. The number of esters is 3. The maximum atomic E-state index is 11.7. The second-order valence-electron chi connectivity index (χ2n) is 11.6. The third-order valence-corrected chi connectivity index (χ3v) is 13.1. The molecule has 0 aliphatic heterocycles. The molecular weight excluding hydrogens is 853 g/mol. The van der Waals surface area contributed by atoms with Gasteiger partial charge in [0.05, 0.1) is 26.2 Å². The van der Waals surface area contributed by atoms with E-state index in [0.29, 0.717) is 39.0 Å². The van der Waals surface area contributed by atoms with E-state index in [-0.39, 0.29) is 29.8 Å². The van der Waals surface area contributed by atoms with Crippen molar-refractivity contribution in [3.8, 4) is 30.0 Å². The Bertz CT molecular complexity index is 2260. The molecule has 6 rings (SSSR count). The van der Waals surface area contributed by atoms with Gasteiger partial charge < -0.3 is 24.1 Å². The Hall–Kier alpha value is -4.77. The molecule has 0 fully saturated rings. The molecule has 57 heavy (non-hydrogen) atoms. The van der Waals surface area contributed by atoms with Crippen LogP contribution in [0.2, 0.25) is 0 Å². The first-order chi connectivity index (χ1) is 27.5. The highest BCUT2D eigenvalue weighted by atomic mass is 32.1. The Kier molecular flexibility index (Phi) is 17.5. The first-order valence-corrected chi connectivity index (χ1v) is 21.7. The van der Waals surface area contributed by atoms with Crippen molar-refractivity contribution in [1.29, 1.82) is 0 Å². The van der Waals surface area contributed by atoms with Gasteiger partial charge in [0.25, 0.3) is 0 Å². The molecule has 0 bridgehead atoms. The van der Waals surface area contributed by atoms with E-state index in [4.69, 9.17) is 19.3 Å². The molecular formula is C36H36N6O9S6. The molecule has 6 aromatic rings. The minimum absolute atomic E-state index is 0.0745. The summed E-state index contributed by atoms with van der Waals surface area (Å²) in [6.45, 7) is 5.46. The molecule has 0 radical (unpaired) electrons. The number of rotatable bonds is 14. The topological polar surface area (TPSA) is 211 Å². The van der Waals surface area contributed by atoms with Gasteiger partial charge in [-0.25, -0.2) is 44.3 Å². The summed E-state index contributed by atoms with van der Waals surface area (Å²) in [7, 11) is 3.95. The molecule has 0 spiro atoms. The van der Waals surface area contributed by atoms with Crippen LogP contribution in [0.5, 0.6) is 0 Å². The molecule has 15 nitrogen and oxygen atoms in total. The molecule has 2 atom stereocenters. The summed E-state index contributed by atoms with van der Waals surface area (Å²) in [6.07, 6.45) is 9.36. The van der Waals surface area contributed by atoms with Gasteiger partial charge in [0.2, 0.25) is 0 Å². The summed E-state index contributed by atoms with van der Waals surface area (Å²) < 4.78 is 14.2. The van der Waals surface area contributed by atoms with E-state index in [1.54, 1.807) is 38.5 Å². The molecule has 1 N–H and O–H groups in total. The van der Waals surface area contributed by atoms with E-state index < -0.39 is 17.9 Å².